The fourth-order valence-electron chi connectivity index (χ4n) is 8.72. The van der Waals surface area contributed by atoms with Crippen LogP contribution in [0.2, 0.25) is 0 Å². The lowest BCUT2D eigenvalue weighted by atomic mass is 9.69. The molecule has 0 N–H and O–H groups in total. The number of hydrogen-bond donors (Lipinski definition) is 0. The van der Waals surface area contributed by atoms with Gasteiger partial charge in [-0.15, -0.1) is 0 Å². The SMILES string of the molecule is c1ccc2c(c1)-c1ccccc1C21c2ccccc2-c2nc(-c3ccc(-c4cnc5c(ccc6cccnc65)c4)cc3)c3ccccc3c21. The molecule has 9 aromatic rings. The Morgan fingerprint density at radius 1 is 0.408 bits per heavy atom. The first-order valence-electron chi connectivity index (χ1n) is 16.8. The van der Waals surface area contributed by atoms with Gasteiger partial charge in [0.05, 0.1) is 27.8 Å². The van der Waals surface area contributed by atoms with Gasteiger partial charge in [0, 0.05) is 50.8 Å². The zero-order valence-electron chi connectivity index (χ0n) is 26.4. The molecule has 3 heteroatoms. The zero-order chi connectivity index (χ0) is 32.1. The van der Waals surface area contributed by atoms with Crippen LogP contribution in [0.1, 0.15) is 22.3 Å². The highest BCUT2D eigenvalue weighted by Gasteiger charge is 2.53. The van der Waals surface area contributed by atoms with E-state index in [2.05, 4.69) is 151 Å². The maximum absolute atomic E-state index is 5.61. The summed E-state index contributed by atoms with van der Waals surface area (Å²) >= 11 is 0. The van der Waals surface area contributed by atoms with E-state index in [9.17, 15) is 0 Å². The molecule has 0 saturated heterocycles. The summed E-state index contributed by atoms with van der Waals surface area (Å²) in [6.45, 7) is 0. The molecule has 1 spiro atoms. The minimum Gasteiger partial charge on any atom is -0.254 e. The Labute approximate surface area is 283 Å². The Morgan fingerprint density at radius 2 is 1.00 bits per heavy atom. The molecule has 0 bridgehead atoms. The van der Waals surface area contributed by atoms with Crippen LogP contribution in [0.4, 0.5) is 0 Å². The number of pyridine rings is 3. The molecule has 11 rings (SSSR count). The normalized spacial score (nSPS) is 13.5. The van der Waals surface area contributed by atoms with Crippen LogP contribution >= 0.6 is 0 Å². The third kappa shape index (κ3) is 3.49. The van der Waals surface area contributed by atoms with E-state index in [0.29, 0.717) is 0 Å². The van der Waals surface area contributed by atoms with E-state index in [0.717, 1.165) is 55.3 Å². The standard InChI is InChI=1S/C46H27N3/c1-2-14-36-35(13-1)41-45(37-15-5-8-18-40(37)46(41)38-16-6-3-11-33(38)34-12-4-7-17-39(34)46)49-42(36)30-21-19-28(20-22-30)32-26-31-24-23-29-10-9-25-47-43(29)44(31)48-27-32/h1-27H. The lowest BCUT2D eigenvalue weighted by molar-refractivity contribution is 0.799. The molecule has 0 saturated carbocycles. The van der Waals surface area contributed by atoms with Gasteiger partial charge in [-0.25, -0.2) is 4.98 Å². The van der Waals surface area contributed by atoms with Gasteiger partial charge in [-0.05, 0) is 50.9 Å². The van der Waals surface area contributed by atoms with Gasteiger partial charge in [0.25, 0.3) is 0 Å². The van der Waals surface area contributed by atoms with Crippen molar-refractivity contribution in [3.8, 4) is 44.8 Å². The van der Waals surface area contributed by atoms with Crippen LogP contribution in [-0.4, -0.2) is 15.0 Å². The van der Waals surface area contributed by atoms with Crippen molar-refractivity contribution in [2.75, 3.05) is 0 Å². The van der Waals surface area contributed by atoms with Crippen molar-refractivity contribution < 1.29 is 0 Å². The van der Waals surface area contributed by atoms with E-state index in [1.165, 1.54) is 44.3 Å². The van der Waals surface area contributed by atoms with Gasteiger partial charge >= 0.3 is 0 Å². The second-order valence-electron chi connectivity index (χ2n) is 13.1. The van der Waals surface area contributed by atoms with Crippen LogP contribution in [-0.2, 0) is 5.41 Å². The molecule has 226 valence electrons. The Kier molecular flexibility index (Phi) is 5.31. The number of fused-ring (bicyclic) bond motifs is 15. The molecule has 2 aliphatic carbocycles. The van der Waals surface area contributed by atoms with Crippen LogP contribution in [0, 0.1) is 0 Å². The molecular formula is C46H27N3. The summed E-state index contributed by atoms with van der Waals surface area (Å²) in [6.07, 6.45) is 3.79. The first-order valence-corrected chi connectivity index (χ1v) is 16.8. The van der Waals surface area contributed by atoms with E-state index < -0.39 is 5.41 Å². The van der Waals surface area contributed by atoms with Crippen molar-refractivity contribution in [2.24, 2.45) is 0 Å². The molecule has 0 radical (unpaired) electrons. The molecular weight excluding hydrogens is 595 g/mol. The van der Waals surface area contributed by atoms with Gasteiger partial charge in [0.2, 0.25) is 0 Å². The molecule has 0 amide bonds. The highest BCUT2D eigenvalue weighted by atomic mass is 14.8. The van der Waals surface area contributed by atoms with E-state index >= 15 is 0 Å². The summed E-state index contributed by atoms with van der Waals surface area (Å²) in [5.41, 5.74) is 15.9. The number of hydrogen-bond acceptors (Lipinski definition) is 3. The molecule has 49 heavy (non-hydrogen) atoms. The predicted octanol–water partition coefficient (Wildman–Crippen LogP) is 11.0. The topological polar surface area (TPSA) is 38.7 Å². The minimum atomic E-state index is -0.433. The van der Waals surface area contributed by atoms with Gasteiger partial charge in [0.15, 0.2) is 0 Å². The monoisotopic (exact) mass is 621 g/mol. The molecule has 0 aliphatic heterocycles. The van der Waals surface area contributed by atoms with Crippen LogP contribution < -0.4 is 0 Å². The molecule has 2 aliphatic rings. The Balaban J connectivity index is 1.11. The van der Waals surface area contributed by atoms with Gasteiger partial charge in [-0.1, -0.05) is 140 Å². The molecule has 0 atom stereocenters. The third-order valence-electron chi connectivity index (χ3n) is 10.7. The Morgan fingerprint density at radius 3 is 1.76 bits per heavy atom. The predicted molar refractivity (Wildman–Crippen MR) is 200 cm³/mol. The van der Waals surface area contributed by atoms with Crippen molar-refractivity contribution in [2.45, 2.75) is 5.41 Å². The van der Waals surface area contributed by atoms with Crippen molar-refractivity contribution in [1.82, 2.24) is 15.0 Å². The highest BCUT2D eigenvalue weighted by Crippen LogP contribution is 2.64. The van der Waals surface area contributed by atoms with Gasteiger partial charge in [0.1, 0.15) is 0 Å². The number of nitrogens with zero attached hydrogens (tertiary/aromatic N) is 3. The van der Waals surface area contributed by atoms with E-state index in [1.54, 1.807) is 0 Å². The van der Waals surface area contributed by atoms with Crippen LogP contribution in [0.15, 0.2) is 164 Å². The Hall–Kier alpha value is -6.45. The van der Waals surface area contributed by atoms with Crippen molar-refractivity contribution in [3.05, 3.63) is 186 Å². The molecule has 6 aromatic carbocycles. The smallest absolute Gasteiger partial charge is 0.0964 e. The van der Waals surface area contributed by atoms with Crippen molar-refractivity contribution in [3.63, 3.8) is 0 Å². The lowest BCUT2D eigenvalue weighted by Gasteiger charge is -2.31. The largest absolute Gasteiger partial charge is 0.254 e. The fourth-order valence-corrected chi connectivity index (χ4v) is 8.72. The summed E-state index contributed by atoms with van der Waals surface area (Å²) < 4.78 is 0. The maximum atomic E-state index is 5.61. The summed E-state index contributed by atoms with van der Waals surface area (Å²) in [5.74, 6) is 0. The van der Waals surface area contributed by atoms with Crippen LogP contribution in [0.5, 0.6) is 0 Å². The quantitative estimate of drug-likeness (QED) is 0.180. The molecule has 3 nitrogen and oxygen atoms in total. The zero-order valence-corrected chi connectivity index (χ0v) is 26.4. The van der Waals surface area contributed by atoms with E-state index in [1.807, 2.05) is 18.5 Å². The van der Waals surface area contributed by atoms with Gasteiger partial charge in [-0.2, -0.15) is 0 Å². The van der Waals surface area contributed by atoms with E-state index in [-0.39, 0.29) is 0 Å². The lowest BCUT2D eigenvalue weighted by Crippen LogP contribution is -2.26. The molecule has 3 aromatic heterocycles. The van der Waals surface area contributed by atoms with Gasteiger partial charge in [-0.3, -0.25) is 9.97 Å². The number of benzene rings is 6. The first kappa shape index (κ1) is 26.6. The minimum absolute atomic E-state index is 0.433. The number of aromatic nitrogens is 3. The van der Waals surface area contributed by atoms with Crippen molar-refractivity contribution >= 4 is 32.6 Å². The molecule has 3 heterocycles. The highest BCUT2D eigenvalue weighted by molar-refractivity contribution is 6.07. The second kappa shape index (κ2) is 9.79. The average Bonchev–Trinajstić information content (AvgIpc) is 3.65. The molecule has 0 fully saturated rings. The average molecular weight is 622 g/mol. The summed E-state index contributed by atoms with van der Waals surface area (Å²) in [4.78, 5) is 15.1. The Bertz CT molecular complexity index is 2790. The van der Waals surface area contributed by atoms with E-state index in [4.69, 9.17) is 9.97 Å². The van der Waals surface area contributed by atoms with Gasteiger partial charge < -0.3 is 0 Å². The summed E-state index contributed by atoms with van der Waals surface area (Å²) in [5, 5.41) is 4.59. The third-order valence-corrected chi connectivity index (χ3v) is 10.7. The summed E-state index contributed by atoms with van der Waals surface area (Å²) in [7, 11) is 0. The van der Waals surface area contributed by atoms with Crippen LogP contribution in [0.25, 0.3) is 77.3 Å². The summed E-state index contributed by atoms with van der Waals surface area (Å²) in [6, 6.07) is 54.9. The second-order valence-corrected chi connectivity index (χ2v) is 13.1. The molecule has 0 unspecified atom stereocenters. The van der Waals surface area contributed by atoms with Crippen LogP contribution in [0.3, 0.4) is 0 Å². The van der Waals surface area contributed by atoms with Crippen molar-refractivity contribution in [1.29, 1.82) is 0 Å². The maximum Gasteiger partial charge on any atom is 0.0964 e. The first-order chi connectivity index (χ1) is 24.3. The number of rotatable bonds is 2. The fraction of sp³-hybridized carbons (Fsp3) is 0.0217.